The number of amides is 1. The van der Waals surface area contributed by atoms with Crippen molar-refractivity contribution >= 4 is 40.5 Å². The topological polar surface area (TPSA) is 84.6 Å². The zero-order valence-corrected chi connectivity index (χ0v) is 13.4. The summed E-state index contributed by atoms with van der Waals surface area (Å²) in [6.45, 7) is 1.63. The molecule has 0 spiro atoms. The minimum Gasteiger partial charge on any atom is -0.267 e. The Morgan fingerprint density at radius 2 is 1.87 bits per heavy atom. The van der Waals surface area contributed by atoms with Crippen molar-refractivity contribution in [2.45, 2.75) is 6.92 Å². The Hall–Kier alpha value is -2.44. The normalized spacial score (nSPS) is 11.2. The molecule has 0 aliphatic heterocycles. The monoisotopic (exact) mass is 351 g/mol. The number of halogens is 2. The van der Waals surface area contributed by atoms with Gasteiger partial charge in [-0.15, -0.1) is 0 Å². The summed E-state index contributed by atoms with van der Waals surface area (Å²) in [5.41, 5.74) is 3.59. The molecule has 0 aromatic heterocycles. The van der Waals surface area contributed by atoms with Crippen molar-refractivity contribution in [1.29, 1.82) is 0 Å². The van der Waals surface area contributed by atoms with Gasteiger partial charge in [-0.1, -0.05) is 35.3 Å². The van der Waals surface area contributed by atoms with Gasteiger partial charge in [0.2, 0.25) is 0 Å². The first-order valence-corrected chi connectivity index (χ1v) is 7.18. The van der Waals surface area contributed by atoms with Crippen LogP contribution in [0.1, 0.15) is 22.8 Å². The van der Waals surface area contributed by atoms with Gasteiger partial charge in [0.1, 0.15) is 0 Å². The smallest absolute Gasteiger partial charge is 0.267 e. The second-order valence-electron chi connectivity index (χ2n) is 4.57. The number of hydrogen-bond acceptors (Lipinski definition) is 4. The molecule has 2 aromatic carbocycles. The molecule has 0 unspecified atom stereocenters. The number of rotatable bonds is 4. The molecule has 1 N–H and O–H groups in total. The van der Waals surface area contributed by atoms with E-state index >= 15 is 0 Å². The van der Waals surface area contributed by atoms with E-state index in [1.54, 1.807) is 19.1 Å². The molecule has 0 fully saturated rings. The van der Waals surface area contributed by atoms with E-state index in [1.165, 1.54) is 30.3 Å². The van der Waals surface area contributed by atoms with Crippen LogP contribution in [0.4, 0.5) is 5.69 Å². The van der Waals surface area contributed by atoms with E-state index in [1.807, 2.05) is 0 Å². The Balaban J connectivity index is 2.15. The minimum atomic E-state index is -0.495. The molecule has 0 aliphatic rings. The van der Waals surface area contributed by atoms with E-state index in [2.05, 4.69) is 10.5 Å². The largest absolute Gasteiger partial charge is 0.271 e. The lowest BCUT2D eigenvalue weighted by Crippen LogP contribution is -2.19. The molecule has 0 saturated heterocycles. The van der Waals surface area contributed by atoms with Gasteiger partial charge < -0.3 is 0 Å². The van der Waals surface area contributed by atoms with Crippen LogP contribution in [0.15, 0.2) is 47.6 Å². The van der Waals surface area contributed by atoms with Gasteiger partial charge in [0, 0.05) is 23.3 Å². The molecular weight excluding hydrogens is 341 g/mol. The predicted octanol–water partition coefficient (Wildman–Crippen LogP) is 4.06. The fraction of sp³-hybridized carbons (Fsp3) is 0.0667. The highest BCUT2D eigenvalue weighted by Gasteiger charge is 2.09. The van der Waals surface area contributed by atoms with Gasteiger partial charge in [0.15, 0.2) is 0 Å². The first kappa shape index (κ1) is 16.9. The standard InChI is InChI=1S/C15H11Cl2N3O3/c1-9(10-3-2-4-12(7-10)20(22)23)18-19-15(21)11-5-6-13(16)14(17)8-11/h2-8H,1H3,(H,19,21). The van der Waals surface area contributed by atoms with Crippen molar-refractivity contribution in [3.63, 3.8) is 0 Å². The molecule has 1 amide bonds. The predicted molar refractivity (Wildman–Crippen MR) is 89.2 cm³/mol. The van der Waals surface area contributed by atoms with Crippen molar-refractivity contribution < 1.29 is 9.72 Å². The number of non-ortho nitro benzene ring substituents is 1. The number of nitrogens with zero attached hydrogens (tertiary/aromatic N) is 2. The second kappa shape index (κ2) is 7.21. The Labute approximate surface area is 141 Å². The number of benzene rings is 2. The SMILES string of the molecule is CC(=NNC(=O)c1ccc(Cl)c(Cl)c1)c1cccc([N+](=O)[O-])c1. The number of nitrogens with one attached hydrogen (secondary N) is 1. The average molecular weight is 352 g/mol. The summed E-state index contributed by atoms with van der Waals surface area (Å²) < 4.78 is 0. The Bertz CT molecular complexity index is 806. The number of carbonyl (C=O) groups excluding carboxylic acids is 1. The summed E-state index contributed by atoms with van der Waals surface area (Å²) in [5, 5.41) is 15.3. The third-order valence-corrected chi connectivity index (χ3v) is 3.72. The molecule has 6 nitrogen and oxygen atoms in total. The highest BCUT2D eigenvalue weighted by atomic mass is 35.5. The highest BCUT2D eigenvalue weighted by molar-refractivity contribution is 6.42. The molecular formula is C15H11Cl2N3O3. The van der Waals surface area contributed by atoms with Crippen molar-refractivity contribution in [3.8, 4) is 0 Å². The highest BCUT2D eigenvalue weighted by Crippen LogP contribution is 2.22. The lowest BCUT2D eigenvalue weighted by atomic mass is 10.1. The fourth-order valence-corrected chi connectivity index (χ4v) is 2.04. The van der Waals surface area contributed by atoms with E-state index in [-0.39, 0.29) is 10.7 Å². The summed E-state index contributed by atoms with van der Waals surface area (Å²) in [6.07, 6.45) is 0. The van der Waals surface area contributed by atoms with Crippen LogP contribution >= 0.6 is 23.2 Å². The molecule has 8 heteroatoms. The maximum Gasteiger partial charge on any atom is 0.271 e. The fourth-order valence-electron chi connectivity index (χ4n) is 1.75. The minimum absolute atomic E-state index is 0.0483. The molecule has 2 rings (SSSR count). The number of nitro groups is 1. The van der Waals surface area contributed by atoms with Gasteiger partial charge in [-0.25, -0.2) is 5.43 Å². The lowest BCUT2D eigenvalue weighted by molar-refractivity contribution is -0.384. The van der Waals surface area contributed by atoms with E-state index in [0.717, 1.165) is 0 Å². The van der Waals surface area contributed by atoms with Gasteiger partial charge >= 0.3 is 0 Å². The van der Waals surface area contributed by atoms with Crippen LogP contribution in [0.25, 0.3) is 0 Å². The van der Waals surface area contributed by atoms with Crippen LogP contribution in [-0.2, 0) is 0 Å². The number of hydrazone groups is 1. The van der Waals surface area contributed by atoms with Gasteiger partial charge in [0.25, 0.3) is 11.6 Å². The van der Waals surface area contributed by atoms with Crippen LogP contribution < -0.4 is 5.43 Å². The molecule has 0 bridgehead atoms. The lowest BCUT2D eigenvalue weighted by Gasteiger charge is -2.04. The van der Waals surface area contributed by atoms with E-state index in [4.69, 9.17) is 23.2 Å². The summed E-state index contributed by atoms with van der Waals surface area (Å²) in [6, 6.07) is 10.4. The average Bonchev–Trinajstić information content (AvgIpc) is 2.54. The van der Waals surface area contributed by atoms with Crippen LogP contribution in [0.2, 0.25) is 10.0 Å². The maximum atomic E-state index is 12.0. The Morgan fingerprint density at radius 1 is 1.13 bits per heavy atom. The van der Waals surface area contributed by atoms with Gasteiger partial charge in [0.05, 0.1) is 20.7 Å². The first-order chi connectivity index (χ1) is 10.9. The Morgan fingerprint density at radius 3 is 2.52 bits per heavy atom. The number of carbonyl (C=O) groups is 1. The summed E-state index contributed by atoms with van der Waals surface area (Å²) in [7, 11) is 0. The molecule has 23 heavy (non-hydrogen) atoms. The summed E-state index contributed by atoms with van der Waals surface area (Å²) in [5.74, 6) is -0.464. The third-order valence-electron chi connectivity index (χ3n) is 2.98. The Kier molecular flexibility index (Phi) is 5.31. The van der Waals surface area contributed by atoms with Crippen molar-refractivity contribution in [2.24, 2.45) is 5.10 Å². The number of nitro benzene ring substituents is 1. The van der Waals surface area contributed by atoms with Crippen molar-refractivity contribution in [1.82, 2.24) is 5.43 Å². The summed E-state index contributed by atoms with van der Waals surface area (Å²) in [4.78, 5) is 22.3. The van der Waals surface area contributed by atoms with Crippen molar-refractivity contribution in [2.75, 3.05) is 0 Å². The van der Waals surface area contributed by atoms with E-state index in [9.17, 15) is 14.9 Å². The van der Waals surface area contributed by atoms with Gasteiger partial charge in [-0.3, -0.25) is 14.9 Å². The van der Waals surface area contributed by atoms with E-state index in [0.29, 0.717) is 21.9 Å². The van der Waals surface area contributed by atoms with E-state index < -0.39 is 10.8 Å². The van der Waals surface area contributed by atoms with Crippen LogP contribution in [-0.4, -0.2) is 16.5 Å². The quantitative estimate of drug-likeness (QED) is 0.512. The third kappa shape index (κ3) is 4.28. The maximum absolute atomic E-state index is 12.0. The zero-order valence-electron chi connectivity index (χ0n) is 11.9. The number of hydrogen-bond donors (Lipinski definition) is 1. The molecule has 0 aliphatic carbocycles. The second-order valence-corrected chi connectivity index (χ2v) is 5.39. The molecule has 0 heterocycles. The molecule has 0 radical (unpaired) electrons. The van der Waals surface area contributed by atoms with Crippen molar-refractivity contribution in [3.05, 3.63) is 73.8 Å². The first-order valence-electron chi connectivity index (χ1n) is 6.43. The van der Waals surface area contributed by atoms with Gasteiger partial charge in [-0.05, 0) is 25.1 Å². The molecule has 2 aromatic rings. The van der Waals surface area contributed by atoms with Crippen LogP contribution in [0, 0.1) is 10.1 Å². The van der Waals surface area contributed by atoms with Gasteiger partial charge in [-0.2, -0.15) is 5.10 Å². The molecule has 118 valence electrons. The molecule has 0 saturated carbocycles. The zero-order chi connectivity index (χ0) is 17.0. The van der Waals surface area contributed by atoms with Crippen LogP contribution in [0.5, 0.6) is 0 Å². The summed E-state index contributed by atoms with van der Waals surface area (Å²) >= 11 is 11.6. The van der Waals surface area contributed by atoms with Crippen LogP contribution in [0.3, 0.4) is 0 Å². The molecule has 0 atom stereocenters.